The van der Waals surface area contributed by atoms with Crippen LogP contribution in [0.2, 0.25) is 0 Å². The Hall–Kier alpha value is -3.06. The Morgan fingerprint density at radius 1 is 1.27 bits per heavy atom. The maximum Gasteiger partial charge on any atom is 0.278 e. The van der Waals surface area contributed by atoms with E-state index < -0.39 is 4.92 Å². The fraction of sp³-hybridized carbons (Fsp3) is 0.158. The van der Waals surface area contributed by atoms with Gasteiger partial charge in [0.2, 0.25) is 5.13 Å². The molecule has 0 N–H and O–H groups in total. The van der Waals surface area contributed by atoms with E-state index in [1.54, 1.807) is 25.3 Å². The molecule has 0 bridgehead atoms. The van der Waals surface area contributed by atoms with Gasteiger partial charge in [-0.3, -0.25) is 10.1 Å². The summed E-state index contributed by atoms with van der Waals surface area (Å²) in [5.41, 5.74) is 3.78. The van der Waals surface area contributed by atoms with Crippen molar-refractivity contribution in [1.29, 1.82) is 0 Å². The van der Waals surface area contributed by atoms with Gasteiger partial charge in [0.25, 0.3) is 5.69 Å². The molecule has 0 fully saturated rings. The van der Waals surface area contributed by atoms with Crippen LogP contribution in [0.25, 0.3) is 11.3 Å². The molecule has 1 aliphatic rings. The number of nitrogens with zero attached hydrogens (tertiary/aromatic N) is 3. The minimum atomic E-state index is -0.405. The van der Waals surface area contributed by atoms with Crippen molar-refractivity contribution in [2.24, 2.45) is 4.99 Å². The summed E-state index contributed by atoms with van der Waals surface area (Å²) in [4.78, 5) is 20.9. The van der Waals surface area contributed by atoms with E-state index in [9.17, 15) is 10.1 Å². The van der Waals surface area contributed by atoms with Crippen molar-refractivity contribution in [2.75, 3.05) is 7.11 Å². The van der Waals surface area contributed by atoms with Gasteiger partial charge in [0, 0.05) is 22.7 Å². The van der Waals surface area contributed by atoms with Crippen LogP contribution in [0.15, 0.2) is 47.5 Å². The molecular weight excluding hydrogens is 350 g/mol. The van der Waals surface area contributed by atoms with Crippen LogP contribution in [0, 0.1) is 10.1 Å². The zero-order valence-corrected chi connectivity index (χ0v) is 14.8. The number of aromatic nitrogens is 1. The monoisotopic (exact) mass is 365 g/mol. The van der Waals surface area contributed by atoms with Crippen LogP contribution in [0.4, 0.5) is 10.8 Å². The predicted octanol–water partition coefficient (Wildman–Crippen LogP) is 4.58. The second kappa shape index (κ2) is 6.68. The number of hydrogen-bond acceptors (Lipinski definition) is 6. The van der Waals surface area contributed by atoms with Gasteiger partial charge in [0.15, 0.2) is 0 Å². The van der Waals surface area contributed by atoms with E-state index in [2.05, 4.69) is 9.98 Å². The SMILES string of the molecule is COc1ccc2c(c1)CCc1sc(/N=C/c3ccccc3[N+](=O)[O-])nc1-2. The van der Waals surface area contributed by atoms with Crippen molar-refractivity contribution in [2.45, 2.75) is 12.8 Å². The predicted molar refractivity (Wildman–Crippen MR) is 102 cm³/mol. The molecule has 130 valence electrons. The van der Waals surface area contributed by atoms with Crippen LogP contribution in [-0.2, 0) is 12.8 Å². The quantitative estimate of drug-likeness (QED) is 0.385. The van der Waals surface area contributed by atoms with E-state index in [-0.39, 0.29) is 5.69 Å². The van der Waals surface area contributed by atoms with Crippen molar-refractivity contribution < 1.29 is 9.66 Å². The van der Waals surface area contributed by atoms with Gasteiger partial charge < -0.3 is 4.74 Å². The van der Waals surface area contributed by atoms with Crippen LogP contribution in [-0.4, -0.2) is 23.2 Å². The lowest BCUT2D eigenvalue weighted by molar-refractivity contribution is -0.385. The Labute approximate surface area is 154 Å². The Kier molecular flexibility index (Phi) is 4.22. The summed E-state index contributed by atoms with van der Waals surface area (Å²) in [6.07, 6.45) is 3.36. The third kappa shape index (κ3) is 2.97. The van der Waals surface area contributed by atoms with Gasteiger partial charge >= 0.3 is 0 Å². The molecule has 7 heteroatoms. The third-order valence-corrected chi connectivity index (χ3v) is 5.35. The summed E-state index contributed by atoms with van der Waals surface area (Å²) in [6.45, 7) is 0. The lowest BCUT2D eigenvalue weighted by Gasteiger charge is -2.15. The maximum atomic E-state index is 11.1. The zero-order valence-electron chi connectivity index (χ0n) is 14.0. The summed E-state index contributed by atoms with van der Waals surface area (Å²) < 4.78 is 5.30. The number of para-hydroxylation sites is 1. The molecule has 0 spiro atoms. The minimum absolute atomic E-state index is 0.0370. The van der Waals surface area contributed by atoms with Crippen LogP contribution in [0.5, 0.6) is 5.75 Å². The van der Waals surface area contributed by atoms with Crippen molar-refractivity contribution in [1.82, 2.24) is 4.98 Å². The molecule has 0 saturated carbocycles. The van der Waals surface area contributed by atoms with Crippen molar-refractivity contribution >= 4 is 28.4 Å². The van der Waals surface area contributed by atoms with Gasteiger partial charge in [0.1, 0.15) is 5.75 Å². The molecule has 1 aromatic heterocycles. The van der Waals surface area contributed by atoms with E-state index >= 15 is 0 Å². The lowest BCUT2D eigenvalue weighted by Crippen LogP contribution is -2.02. The Morgan fingerprint density at radius 3 is 2.92 bits per heavy atom. The van der Waals surface area contributed by atoms with E-state index in [1.807, 2.05) is 18.2 Å². The summed E-state index contributed by atoms with van der Waals surface area (Å²) in [6, 6.07) is 12.6. The molecule has 0 saturated heterocycles. The van der Waals surface area contributed by atoms with Gasteiger partial charge in [-0.1, -0.05) is 23.5 Å². The number of methoxy groups -OCH3 is 1. The van der Waals surface area contributed by atoms with Gasteiger partial charge in [-0.25, -0.2) is 9.98 Å². The van der Waals surface area contributed by atoms with Crippen molar-refractivity contribution in [3.63, 3.8) is 0 Å². The molecule has 2 aromatic carbocycles. The standard InChI is InChI=1S/C19H15N3O3S/c1-25-14-7-8-15-12(10-14)6-9-17-18(15)21-19(26-17)20-11-13-4-2-3-5-16(13)22(23)24/h2-5,7-8,10-11H,6,9H2,1H3/b20-11+. The molecule has 0 radical (unpaired) electrons. The summed E-state index contributed by atoms with van der Waals surface area (Å²) >= 11 is 1.53. The first-order valence-electron chi connectivity index (χ1n) is 8.10. The molecule has 6 nitrogen and oxygen atoms in total. The van der Waals surface area contributed by atoms with Crippen LogP contribution in [0.3, 0.4) is 0 Å². The summed E-state index contributed by atoms with van der Waals surface area (Å²) in [5.74, 6) is 0.845. The highest BCUT2D eigenvalue weighted by atomic mass is 32.1. The molecule has 3 aromatic rings. The first-order chi connectivity index (χ1) is 12.7. The fourth-order valence-electron chi connectivity index (χ4n) is 3.05. The number of aryl methyl sites for hydroxylation is 2. The Morgan fingerprint density at radius 2 is 2.12 bits per heavy atom. The average molecular weight is 365 g/mol. The number of nitro groups is 1. The molecular formula is C19H15N3O3S. The first kappa shape index (κ1) is 16.4. The summed E-state index contributed by atoms with van der Waals surface area (Å²) in [7, 11) is 1.66. The smallest absolute Gasteiger partial charge is 0.278 e. The first-order valence-corrected chi connectivity index (χ1v) is 8.92. The largest absolute Gasteiger partial charge is 0.497 e. The highest BCUT2D eigenvalue weighted by Gasteiger charge is 2.21. The normalized spacial score (nSPS) is 12.7. The topological polar surface area (TPSA) is 77.6 Å². The van der Waals surface area contributed by atoms with Crippen LogP contribution >= 0.6 is 11.3 Å². The number of rotatable bonds is 4. The van der Waals surface area contributed by atoms with Gasteiger partial charge in [-0.15, -0.1) is 0 Å². The van der Waals surface area contributed by atoms with E-state index in [1.165, 1.54) is 34.1 Å². The van der Waals surface area contributed by atoms with Crippen LogP contribution < -0.4 is 4.74 Å². The molecule has 1 aliphatic carbocycles. The second-order valence-corrected chi connectivity index (χ2v) is 6.93. The van der Waals surface area contributed by atoms with E-state index in [0.29, 0.717) is 10.7 Å². The summed E-state index contributed by atoms with van der Waals surface area (Å²) in [5, 5.41) is 11.7. The lowest BCUT2D eigenvalue weighted by atomic mass is 9.93. The minimum Gasteiger partial charge on any atom is -0.497 e. The van der Waals surface area contributed by atoms with Crippen molar-refractivity contribution in [3.8, 4) is 17.0 Å². The molecule has 0 atom stereocenters. The molecule has 1 heterocycles. The number of benzene rings is 2. The third-order valence-electron chi connectivity index (χ3n) is 4.32. The number of thiazole rings is 1. The Balaban J connectivity index is 1.67. The number of fused-ring (bicyclic) bond motifs is 3. The Bertz CT molecular complexity index is 1030. The van der Waals surface area contributed by atoms with E-state index in [0.717, 1.165) is 29.8 Å². The van der Waals surface area contributed by atoms with Gasteiger partial charge in [-0.05, 0) is 42.7 Å². The average Bonchev–Trinajstić information content (AvgIpc) is 3.09. The molecule has 0 aliphatic heterocycles. The maximum absolute atomic E-state index is 11.1. The molecule has 26 heavy (non-hydrogen) atoms. The molecule has 4 rings (SSSR count). The highest BCUT2D eigenvalue weighted by Crippen LogP contribution is 2.40. The molecule has 0 unspecified atom stereocenters. The zero-order chi connectivity index (χ0) is 18.1. The van der Waals surface area contributed by atoms with Gasteiger partial charge in [-0.2, -0.15) is 0 Å². The van der Waals surface area contributed by atoms with Crippen molar-refractivity contribution in [3.05, 3.63) is 68.6 Å². The number of hydrogen-bond donors (Lipinski definition) is 0. The number of ether oxygens (including phenoxy) is 1. The van der Waals surface area contributed by atoms with E-state index in [4.69, 9.17) is 4.74 Å². The highest BCUT2D eigenvalue weighted by molar-refractivity contribution is 7.15. The number of nitro benzene ring substituents is 1. The fourth-order valence-corrected chi connectivity index (χ4v) is 3.96. The second-order valence-electron chi connectivity index (χ2n) is 5.87. The molecule has 0 amide bonds. The number of aliphatic imine (C=N–C) groups is 1. The van der Waals surface area contributed by atoms with Crippen LogP contribution in [0.1, 0.15) is 16.0 Å². The van der Waals surface area contributed by atoms with Gasteiger partial charge in [0.05, 0.1) is 23.3 Å².